The first kappa shape index (κ1) is 10.6. The van der Waals surface area contributed by atoms with Crippen LogP contribution in [-0.4, -0.2) is 16.3 Å². The zero-order chi connectivity index (χ0) is 11.1. The van der Waals surface area contributed by atoms with E-state index in [1.54, 1.807) is 0 Å². The molecule has 1 aromatic rings. The van der Waals surface area contributed by atoms with Crippen LogP contribution in [0.4, 0.5) is 0 Å². The molecule has 2 heterocycles. The van der Waals surface area contributed by atoms with Crippen LogP contribution in [0.3, 0.4) is 0 Å². The highest BCUT2D eigenvalue weighted by Crippen LogP contribution is 2.23. The number of nitrogens with two attached hydrogens (primary N) is 1. The van der Waals surface area contributed by atoms with Crippen molar-refractivity contribution in [2.45, 2.75) is 45.8 Å². The third-order valence-corrected chi connectivity index (χ3v) is 2.85. The minimum atomic E-state index is 0.0199. The summed E-state index contributed by atoms with van der Waals surface area (Å²) >= 11 is 0. The lowest BCUT2D eigenvalue weighted by Crippen LogP contribution is -2.26. The van der Waals surface area contributed by atoms with Crippen molar-refractivity contribution >= 4 is 0 Å². The van der Waals surface area contributed by atoms with Gasteiger partial charge in [0.1, 0.15) is 0 Å². The molecule has 84 valence electrons. The SMILES string of the molecule is CC(C)(C)n1nc2c(c1CN)CCNC2. The fraction of sp³-hybridized carbons (Fsp3) is 0.727. The van der Waals surface area contributed by atoms with Gasteiger partial charge in [-0.3, -0.25) is 4.68 Å². The van der Waals surface area contributed by atoms with Crippen LogP contribution in [-0.2, 0) is 25.0 Å². The van der Waals surface area contributed by atoms with Crippen LogP contribution in [0.1, 0.15) is 37.7 Å². The van der Waals surface area contributed by atoms with Crippen molar-refractivity contribution in [2.75, 3.05) is 6.54 Å². The molecule has 2 rings (SSSR count). The molecule has 0 aromatic carbocycles. The number of hydrogen-bond donors (Lipinski definition) is 2. The highest BCUT2D eigenvalue weighted by molar-refractivity contribution is 5.29. The lowest BCUT2D eigenvalue weighted by Gasteiger charge is -2.22. The Morgan fingerprint density at radius 1 is 1.47 bits per heavy atom. The topological polar surface area (TPSA) is 55.9 Å². The predicted molar refractivity (Wildman–Crippen MR) is 60.5 cm³/mol. The monoisotopic (exact) mass is 208 g/mol. The van der Waals surface area contributed by atoms with E-state index in [4.69, 9.17) is 5.73 Å². The van der Waals surface area contributed by atoms with Crippen LogP contribution in [0.25, 0.3) is 0 Å². The summed E-state index contributed by atoms with van der Waals surface area (Å²) in [7, 11) is 0. The number of nitrogens with one attached hydrogen (secondary N) is 1. The van der Waals surface area contributed by atoms with E-state index in [1.165, 1.54) is 17.0 Å². The van der Waals surface area contributed by atoms with Gasteiger partial charge in [-0.25, -0.2) is 0 Å². The summed E-state index contributed by atoms with van der Waals surface area (Å²) in [4.78, 5) is 0. The Morgan fingerprint density at radius 2 is 2.20 bits per heavy atom. The lowest BCUT2D eigenvalue weighted by molar-refractivity contribution is 0.341. The van der Waals surface area contributed by atoms with Gasteiger partial charge in [-0.1, -0.05) is 0 Å². The summed E-state index contributed by atoms with van der Waals surface area (Å²) in [6.45, 7) is 9.00. The zero-order valence-corrected chi connectivity index (χ0v) is 9.80. The van der Waals surface area contributed by atoms with Gasteiger partial charge in [0.2, 0.25) is 0 Å². The van der Waals surface area contributed by atoms with Crippen LogP contribution in [0.2, 0.25) is 0 Å². The number of fused-ring (bicyclic) bond motifs is 1. The summed E-state index contributed by atoms with van der Waals surface area (Å²) < 4.78 is 2.09. The summed E-state index contributed by atoms with van der Waals surface area (Å²) in [6, 6.07) is 0. The van der Waals surface area contributed by atoms with Gasteiger partial charge in [0.15, 0.2) is 0 Å². The molecule has 4 nitrogen and oxygen atoms in total. The molecule has 0 spiro atoms. The molecule has 0 radical (unpaired) electrons. The molecule has 1 aliphatic rings. The predicted octanol–water partition coefficient (Wildman–Crippen LogP) is 0.742. The Morgan fingerprint density at radius 3 is 2.80 bits per heavy atom. The molecule has 1 aromatic heterocycles. The Bertz CT molecular complexity index is 359. The molecule has 0 atom stereocenters. The second-order valence-electron chi connectivity index (χ2n) is 5.09. The third-order valence-electron chi connectivity index (χ3n) is 2.85. The highest BCUT2D eigenvalue weighted by atomic mass is 15.3. The maximum Gasteiger partial charge on any atom is 0.0798 e. The van der Waals surface area contributed by atoms with E-state index >= 15 is 0 Å². The standard InChI is InChI=1S/C11H20N4/c1-11(2,3)15-10(6-12)8-4-5-13-7-9(8)14-15/h13H,4-7,12H2,1-3H3. The molecular formula is C11H20N4. The fourth-order valence-electron chi connectivity index (χ4n) is 2.15. The van der Waals surface area contributed by atoms with Crippen LogP contribution < -0.4 is 11.1 Å². The van der Waals surface area contributed by atoms with Crippen molar-refractivity contribution in [3.63, 3.8) is 0 Å². The van der Waals surface area contributed by atoms with E-state index in [0.29, 0.717) is 6.54 Å². The van der Waals surface area contributed by atoms with Crippen molar-refractivity contribution in [3.8, 4) is 0 Å². The molecule has 0 amide bonds. The van der Waals surface area contributed by atoms with Crippen molar-refractivity contribution in [2.24, 2.45) is 5.73 Å². The number of aromatic nitrogens is 2. The van der Waals surface area contributed by atoms with E-state index in [1.807, 2.05) is 0 Å². The van der Waals surface area contributed by atoms with Gasteiger partial charge < -0.3 is 11.1 Å². The quantitative estimate of drug-likeness (QED) is 0.716. The largest absolute Gasteiger partial charge is 0.325 e. The van der Waals surface area contributed by atoms with Crippen LogP contribution >= 0.6 is 0 Å². The van der Waals surface area contributed by atoms with Gasteiger partial charge in [0.25, 0.3) is 0 Å². The van der Waals surface area contributed by atoms with Gasteiger partial charge in [-0.15, -0.1) is 0 Å². The molecule has 0 saturated carbocycles. The van der Waals surface area contributed by atoms with Crippen molar-refractivity contribution in [3.05, 3.63) is 17.0 Å². The molecule has 0 aliphatic carbocycles. The Balaban J connectivity index is 2.51. The summed E-state index contributed by atoms with van der Waals surface area (Å²) in [5.74, 6) is 0. The molecule has 3 N–H and O–H groups in total. The first-order valence-corrected chi connectivity index (χ1v) is 5.55. The molecule has 0 fully saturated rings. The summed E-state index contributed by atoms with van der Waals surface area (Å²) in [5, 5.41) is 8.01. The minimum absolute atomic E-state index is 0.0199. The minimum Gasteiger partial charge on any atom is -0.325 e. The maximum absolute atomic E-state index is 5.83. The van der Waals surface area contributed by atoms with Crippen LogP contribution in [0.15, 0.2) is 0 Å². The smallest absolute Gasteiger partial charge is 0.0798 e. The van der Waals surface area contributed by atoms with E-state index in [0.717, 1.165) is 19.5 Å². The van der Waals surface area contributed by atoms with Crippen molar-refractivity contribution in [1.29, 1.82) is 0 Å². The highest BCUT2D eigenvalue weighted by Gasteiger charge is 2.24. The molecule has 15 heavy (non-hydrogen) atoms. The first-order chi connectivity index (χ1) is 7.04. The number of rotatable bonds is 1. The average molecular weight is 208 g/mol. The van der Waals surface area contributed by atoms with Gasteiger partial charge in [-0.05, 0) is 33.7 Å². The van der Waals surface area contributed by atoms with Gasteiger partial charge in [-0.2, -0.15) is 5.10 Å². The third kappa shape index (κ3) is 1.79. The summed E-state index contributed by atoms with van der Waals surface area (Å²) in [5.41, 5.74) is 9.61. The molecule has 1 aliphatic heterocycles. The molecule has 0 bridgehead atoms. The molecule has 0 unspecified atom stereocenters. The lowest BCUT2D eigenvalue weighted by atomic mass is 10.0. The molecule has 4 heteroatoms. The number of nitrogens with zero attached hydrogens (tertiary/aromatic N) is 2. The second kappa shape index (κ2) is 3.61. The van der Waals surface area contributed by atoms with E-state index in [9.17, 15) is 0 Å². The average Bonchev–Trinajstić information content (AvgIpc) is 2.55. The zero-order valence-electron chi connectivity index (χ0n) is 9.80. The molecular weight excluding hydrogens is 188 g/mol. The summed E-state index contributed by atoms with van der Waals surface area (Å²) in [6.07, 6.45) is 1.05. The van der Waals surface area contributed by atoms with Crippen LogP contribution in [0.5, 0.6) is 0 Å². The van der Waals surface area contributed by atoms with Crippen molar-refractivity contribution in [1.82, 2.24) is 15.1 Å². The van der Waals surface area contributed by atoms with E-state index in [2.05, 4.69) is 35.9 Å². The van der Waals surface area contributed by atoms with Crippen LogP contribution in [0, 0.1) is 0 Å². The maximum atomic E-state index is 5.83. The van der Waals surface area contributed by atoms with Gasteiger partial charge in [0.05, 0.1) is 16.9 Å². The first-order valence-electron chi connectivity index (χ1n) is 5.55. The normalized spacial score (nSPS) is 16.5. The van der Waals surface area contributed by atoms with E-state index < -0.39 is 0 Å². The van der Waals surface area contributed by atoms with E-state index in [-0.39, 0.29) is 5.54 Å². The number of hydrogen-bond acceptors (Lipinski definition) is 3. The Labute approximate surface area is 90.8 Å². The fourth-order valence-corrected chi connectivity index (χ4v) is 2.15. The van der Waals surface area contributed by atoms with Crippen molar-refractivity contribution < 1.29 is 0 Å². The molecule has 0 saturated heterocycles. The Hall–Kier alpha value is -0.870. The second-order valence-corrected chi connectivity index (χ2v) is 5.09. The van der Waals surface area contributed by atoms with Gasteiger partial charge >= 0.3 is 0 Å². The van der Waals surface area contributed by atoms with Gasteiger partial charge in [0, 0.05) is 18.7 Å². The Kier molecular flexibility index (Phi) is 2.56.